The second-order valence-electron chi connectivity index (χ2n) is 4.47. The average molecular weight is 168 g/mol. The number of rotatable bonds is 5. The Hall–Kier alpha value is -0.330. The van der Waals surface area contributed by atoms with Crippen LogP contribution in [0.4, 0.5) is 0 Å². The molecule has 1 fully saturated rings. The van der Waals surface area contributed by atoms with Crippen LogP contribution in [0.25, 0.3) is 0 Å². The molecule has 1 nitrogen and oxygen atoms in total. The molecular formula is C11H20O. The lowest BCUT2D eigenvalue weighted by molar-refractivity contribution is -0.120. The summed E-state index contributed by atoms with van der Waals surface area (Å²) >= 11 is 0. The predicted octanol–water partition coefficient (Wildman–Crippen LogP) is 3.18. The molecule has 0 atom stereocenters. The summed E-state index contributed by atoms with van der Waals surface area (Å²) in [6, 6.07) is 0. The molecule has 1 aliphatic rings. The first-order valence-electron chi connectivity index (χ1n) is 5.20. The summed E-state index contributed by atoms with van der Waals surface area (Å²) in [6.45, 7) is 4.35. The van der Waals surface area contributed by atoms with E-state index in [9.17, 15) is 4.79 Å². The van der Waals surface area contributed by atoms with Crippen LogP contribution >= 0.6 is 0 Å². The van der Waals surface area contributed by atoms with Crippen molar-refractivity contribution < 1.29 is 4.79 Å². The van der Waals surface area contributed by atoms with Crippen molar-refractivity contribution in [2.24, 2.45) is 11.8 Å². The number of ketones is 1. The highest BCUT2D eigenvalue weighted by atomic mass is 16.1. The van der Waals surface area contributed by atoms with Gasteiger partial charge in [0, 0.05) is 12.8 Å². The van der Waals surface area contributed by atoms with Gasteiger partial charge < -0.3 is 0 Å². The zero-order chi connectivity index (χ0) is 8.97. The first-order valence-corrected chi connectivity index (χ1v) is 5.20. The lowest BCUT2D eigenvalue weighted by Crippen LogP contribution is -2.15. The van der Waals surface area contributed by atoms with Gasteiger partial charge in [-0.3, -0.25) is 4.79 Å². The monoisotopic (exact) mass is 168 g/mol. The van der Waals surface area contributed by atoms with Gasteiger partial charge in [-0.25, -0.2) is 0 Å². The van der Waals surface area contributed by atoms with Crippen molar-refractivity contribution in [1.82, 2.24) is 0 Å². The molecule has 0 unspecified atom stereocenters. The first-order chi connectivity index (χ1) is 5.68. The van der Waals surface area contributed by atoms with Crippen LogP contribution in [0, 0.1) is 11.8 Å². The SMILES string of the molecule is CC(C)CCC(=O)CC1CCC1. The fraction of sp³-hybridized carbons (Fsp3) is 0.909. The highest BCUT2D eigenvalue weighted by Crippen LogP contribution is 2.30. The van der Waals surface area contributed by atoms with E-state index in [0.717, 1.165) is 25.2 Å². The van der Waals surface area contributed by atoms with Crippen molar-refractivity contribution in [3.05, 3.63) is 0 Å². The maximum Gasteiger partial charge on any atom is 0.133 e. The van der Waals surface area contributed by atoms with Crippen molar-refractivity contribution in [2.45, 2.75) is 52.4 Å². The quantitative estimate of drug-likeness (QED) is 0.616. The third-order valence-electron chi connectivity index (χ3n) is 2.74. The Balaban J connectivity index is 2.03. The maximum absolute atomic E-state index is 11.4. The standard InChI is InChI=1S/C11H20O/c1-9(2)6-7-11(12)8-10-4-3-5-10/h9-10H,3-8H2,1-2H3. The third kappa shape index (κ3) is 3.38. The number of carbonyl (C=O) groups excluding carboxylic acids is 1. The first kappa shape index (κ1) is 9.76. The molecule has 0 aliphatic heterocycles. The zero-order valence-corrected chi connectivity index (χ0v) is 8.31. The van der Waals surface area contributed by atoms with E-state index in [0.29, 0.717) is 11.7 Å². The second kappa shape index (κ2) is 4.64. The molecule has 0 aromatic carbocycles. The smallest absolute Gasteiger partial charge is 0.133 e. The summed E-state index contributed by atoms with van der Waals surface area (Å²) in [7, 11) is 0. The Kier molecular flexibility index (Phi) is 3.77. The Morgan fingerprint density at radius 3 is 2.50 bits per heavy atom. The molecule has 1 rings (SSSR count). The van der Waals surface area contributed by atoms with Crippen molar-refractivity contribution >= 4 is 5.78 Å². The van der Waals surface area contributed by atoms with Crippen LogP contribution < -0.4 is 0 Å². The van der Waals surface area contributed by atoms with Gasteiger partial charge in [0.15, 0.2) is 0 Å². The molecule has 0 heterocycles. The third-order valence-corrected chi connectivity index (χ3v) is 2.74. The Morgan fingerprint density at radius 1 is 1.42 bits per heavy atom. The van der Waals surface area contributed by atoms with E-state index >= 15 is 0 Å². The zero-order valence-electron chi connectivity index (χ0n) is 8.31. The Bertz CT molecular complexity index is 145. The van der Waals surface area contributed by atoms with Crippen LogP contribution in [-0.2, 0) is 4.79 Å². The fourth-order valence-corrected chi connectivity index (χ4v) is 1.57. The Morgan fingerprint density at radius 2 is 2.08 bits per heavy atom. The summed E-state index contributed by atoms with van der Waals surface area (Å²) in [6.07, 6.45) is 6.70. The van der Waals surface area contributed by atoms with Gasteiger partial charge >= 0.3 is 0 Å². The van der Waals surface area contributed by atoms with Gasteiger partial charge in [0.05, 0.1) is 0 Å². The molecule has 70 valence electrons. The topological polar surface area (TPSA) is 17.1 Å². The highest BCUT2D eigenvalue weighted by molar-refractivity contribution is 5.78. The molecule has 1 heteroatoms. The molecule has 0 aromatic rings. The summed E-state index contributed by atoms with van der Waals surface area (Å²) < 4.78 is 0. The molecule has 0 saturated heterocycles. The van der Waals surface area contributed by atoms with Gasteiger partial charge in [0.2, 0.25) is 0 Å². The van der Waals surface area contributed by atoms with E-state index in [1.165, 1.54) is 19.3 Å². The van der Waals surface area contributed by atoms with Crippen LogP contribution in [0.3, 0.4) is 0 Å². The van der Waals surface area contributed by atoms with Crippen molar-refractivity contribution in [1.29, 1.82) is 0 Å². The summed E-state index contributed by atoms with van der Waals surface area (Å²) in [5.41, 5.74) is 0. The second-order valence-corrected chi connectivity index (χ2v) is 4.47. The molecular weight excluding hydrogens is 148 g/mol. The molecule has 1 saturated carbocycles. The van der Waals surface area contributed by atoms with Gasteiger partial charge in [-0.05, 0) is 18.3 Å². The van der Waals surface area contributed by atoms with E-state index in [-0.39, 0.29) is 0 Å². The van der Waals surface area contributed by atoms with E-state index in [4.69, 9.17) is 0 Å². The largest absolute Gasteiger partial charge is 0.300 e. The van der Waals surface area contributed by atoms with Crippen LogP contribution in [0.15, 0.2) is 0 Å². The van der Waals surface area contributed by atoms with Gasteiger partial charge in [-0.15, -0.1) is 0 Å². The minimum atomic E-state index is 0.494. The maximum atomic E-state index is 11.4. The number of carbonyl (C=O) groups is 1. The fourth-order valence-electron chi connectivity index (χ4n) is 1.57. The normalized spacial score (nSPS) is 17.9. The van der Waals surface area contributed by atoms with Crippen molar-refractivity contribution in [3.63, 3.8) is 0 Å². The molecule has 1 aliphatic carbocycles. The van der Waals surface area contributed by atoms with Crippen LogP contribution in [0.5, 0.6) is 0 Å². The minimum absolute atomic E-state index is 0.494. The number of Topliss-reactive ketones (excluding diaryl/α,β-unsaturated/α-hetero) is 1. The molecule has 12 heavy (non-hydrogen) atoms. The highest BCUT2D eigenvalue weighted by Gasteiger charge is 2.20. The summed E-state index contributed by atoms with van der Waals surface area (Å²) in [5.74, 6) is 1.92. The minimum Gasteiger partial charge on any atom is -0.300 e. The molecule has 0 N–H and O–H groups in total. The molecule has 0 amide bonds. The Labute approximate surface area is 75.5 Å². The lowest BCUT2D eigenvalue weighted by Gasteiger charge is -2.24. The van der Waals surface area contributed by atoms with E-state index < -0.39 is 0 Å². The van der Waals surface area contributed by atoms with Crippen LogP contribution in [0.1, 0.15) is 52.4 Å². The van der Waals surface area contributed by atoms with Crippen LogP contribution in [0.2, 0.25) is 0 Å². The van der Waals surface area contributed by atoms with E-state index in [1.54, 1.807) is 0 Å². The summed E-state index contributed by atoms with van der Waals surface area (Å²) in [5, 5.41) is 0. The number of hydrogen-bond acceptors (Lipinski definition) is 1. The van der Waals surface area contributed by atoms with Gasteiger partial charge in [0.25, 0.3) is 0 Å². The lowest BCUT2D eigenvalue weighted by atomic mass is 9.81. The van der Waals surface area contributed by atoms with Crippen molar-refractivity contribution in [2.75, 3.05) is 0 Å². The van der Waals surface area contributed by atoms with Gasteiger partial charge in [-0.2, -0.15) is 0 Å². The number of hydrogen-bond donors (Lipinski definition) is 0. The van der Waals surface area contributed by atoms with Crippen molar-refractivity contribution in [3.8, 4) is 0 Å². The van der Waals surface area contributed by atoms with Crippen LogP contribution in [-0.4, -0.2) is 5.78 Å². The summed E-state index contributed by atoms with van der Waals surface area (Å²) in [4.78, 5) is 11.4. The molecule has 0 radical (unpaired) electrons. The molecule has 0 bridgehead atoms. The van der Waals surface area contributed by atoms with Gasteiger partial charge in [-0.1, -0.05) is 33.1 Å². The van der Waals surface area contributed by atoms with E-state index in [1.807, 2.05) is 0 Å². The van der Waals surface area contributed by atoms with E-state index in [2.05, 4.69) is 13.8 Å². The average Bonchev–Trinajstić information content (AvgIpc) is 1.93. The molecule has 0 spiro atoms. The molecule has 0 aromatic heterocycles. The van der Waals surface area contributed by atoms with Gasteiger partial charge in [0.1, 0.15) is 5.78 Å². The predicted molar refractivity (Wildman–Crippen MR) is 51.0 cm³/mol.